The minimum atomic E-state index is 0.270. The van der Waals surface area contributed by atoms with Gasteiger partial charge in [0.05, 0.1) is 6.04 Å². The van der Waals surface area contributed by atoms with Crippen molar-refractivity contribution in [1.82, 2.24) is 10.3 Å². The van der Waals surface area contributed by atoms with Crippen molar-refractivity contribution in [2.45, 2.75) is 26.8 Å². The van der Waals surface area contributed by atoms with E-state index in [2.05, 4.69) is 43.2 Å². The van der Waals surface area contributed by atoms with Gasteiger partial charge in [-0.25, -0.2) is 0 Å². The number of nitrogens with zero attached hydrogens (tertiary/aromatic N) is 1. The van der Waals surface area contributed by atoms with Crippen LogP contribution in [0.4, 0.5) is 0 Å². The van der Waals surface area contributed by atoms with E-state index in [1.54, 1.807) is 0 Å². The van der Waals surface area contributed by atoms with Crippen molar-refractivity contribution in [3.8, 4) is 0 Å². The van der Waals surface area contributed by atoms with Crippen LogP contribution in [0.1, 0.15) is 33.8 Å². The van der Waals surface area contributed by atoms with E-state index >= 15 is 0 Å². The van der Waals surface area contributed by atoms with Gasteiger partial charge in [0.1, 0.15) is 0 Å². The molecule has 0 spiro atoms. The Hall–Kier alpha value is -1.19. The zero-order chi connectivity index (χ0) is 12.3. The van der Waals surface area contributed by atoms with Crippen molar-refractivity contribution >= 4 is 11.3 Å². The van der Waals surface area contributed by atoms with E-state index in [1.165, 1.54) is 20.9 Å². The monoisotopic (exact) mass is 246 g/mol. The molecule has 0 bridgehead atoms. The molecule has 1 unspecified atom stereocenters. The zero-order valence-corrected chi connectivity index (χ0v) is 11.3. The van der Waals surface area contributed by atoms with Crippen LogP contribution < -0.4 is 5.32 Å². The molecule has 0 aliphatic carbocycles. The Kier molecular flexibility index (Phi) is 3.92. The first kappa shape index (κ1) is 12.3. The van der Waals surface area contributed by atoms with Gasteiger partial charge in [-0.05, 0) is 43.7 Å². The highest BCUT2D eigenvalue weighted by Crippen LogP contribution is 2.30. The number of aryl methyl sites for hydroxylation is 2. The number of pyridine rings is 1. The lowest BCUT2D eigenvalue weighted by atomic mass is 10.1. The third kappa shape index (κ3) is 2.73. The number of aromatic nitrogens is 1. The third-order valence-corrected chi connectivity index (χ3v) is 4.11. The van der Waals surface area contributed by atoms with Crippen LogP contribution >= 0.6 is 11.3 Å². The van der Waals surface area contributed by atoms with E-state index in [1.807, 2.05) is 29.8 Å². The maximum absolute atomic E-state index is 4.21. The average Bonchev–Trinajstić information content (AvgIpc) is 2.67. The van der Waals surface area contributed by atoms with Crippen LogP contribution in [-0.2, 0) is 0 Å². The van der Waals surface area contributed by atoms with Gasteiger partial charge in [-0.15, -0.1) is 11.3 Å². The summed E-state index contributed by atoms with van der Waals surface area (Å²) >= 11 is 1.87. The second-order valence-corrected chi connectivity index (χ2v) is 5.45. The van der Waals surface area contributed by atoms with Gasteiger partial charge in [0.15, 0.2) is 0 Å². The molecule has 17 heavy (non-hydrogen) atoms. The van der Waals surface area contributed by atoms with Crippen molar-refractivity contribution in [3.05, 3.63) is 51.5 Å². The molecule has 0 fully saturated rings. The van der Waals surface area contributed by atoms with Gasteiger partial charge in [0, 0.05) is 22.1 Å². The Morgan fingerprint density at radius 3 is 2.76 bits per heavy atom. The Balaban J connectivity index is 2.35. The minimum Gasteiger partial charge on any atom is -0.306 e. The third-order valence-electron chi connectivity index (χ3n) is 2.90. The molecule has 0 amide bonds. The minimum absolute atomic E-state index is 0.270. The predicted octanol–water partition coefficient (Wildman–Crippen LogP) is 3.46. The number of thiophene rings is 1. The van der Waals surface area contributed by atoms with Crippen LogP contribution in [0.3, 0.4) is 0 Å². The highest BCUT2D eigenvalue weighted by atomic mass is 32.1. The molecule has 2 aromatic rings. The molecule has 2 rings (SSSR count). The first-order chi connectivity index (χ1) is 8.22. The predicted molar refractivity (Wildman–Crippen MR) is 73.5 cm³/mol. The number of rotatable bonds is 4. The van der Waals surface area contributed by atoms with Crippen molar-refractivity contribution in [3.63, 3.8) is 0 Å². The van der Waals surface area contributed by atoms with Crippen LogP contribution in [0, 0.1) is 13.8 Å². The van der Waals surface area contributed by atoms with Crippen molar-refractivity contribution < 1.29 is 0 Å². The maximum atomic E-state index is 4.21. The lowest BCUT2D eigenvalue weighted by molar-refractivity contribution is 0.637. The van der Waals surface area contributed by atoms with Gasteiger partial charge in [-0.1, -0.05) is 13.0 Å². The largest absolute Gasteiger partial charge is 0.306 e. The molecule has 90 valence electrons. The van der Waals surface area contributed by atoms with Gasteiger partial charge >= 0.3 is 0 Å². The second-order valence-electron chi connectivity index (χ2n) is 4.17. The fraction of sp³-hybridized carbons (Fsp3) is 0.357. The lowest BCUT2D eigenvalue weighted by Crippen LogP contribution is -2.21. The van der Waals surface area contributed by atoms with E-state index in [0.717, 1.165) is 6.54 Å². The van der Waals surface area contributed by atoms with Gasteiger partial charge in [-0.2, -0.15) is 0 Å². The van der Waals surface area contributed by atoms with E-state index in [-0.39, 0.29) is 6.04 Å². The Morgan fingerprint density at radius 2 is 2.24 bits per heavy atom. The molecule has 0 saturated heterocycles. The Morgan fingerprint density at radius 1 is 1.41 bits per heavy atom. The number of nitrogens with one attached hydrogen (secondary N) is 1. The van der Waals surface area contributed by atoms with Crippen molar-refractivity contribution in [2.24, 2.45) is 0 Å². The molecule has 0 radical (unpaired) electrons. The fourth-order valence-electron chi connectivity index (χ4n) is 1.88. The van der Waals surface area contributed by atoms with Gasteiger partial charge in [0.2, 0.25) is 0 Å². The lowest BCUT2D eigenvalue weighted by Gasteiger charge is -2.16. The fourth-order valence-corrected chi connectivity index (χ4v) is 3.02. The standard InChI is InChI=1S/C14H18N2S/c1-4-16-14(12-6-5-7-15-9-12)13-8-10(2)11(3)17-13/h5-9,14,16H,4H2,1-3H3. The molecular formula is C14H18N2S. The van der Waals surface area contributed by atoms with Crippen molar-refractivity contribution in [2.75, 3.05) is 6.54 Å². The first-order valence-electron chi connectivity index (χ1n) is 5.92. The van der Waals surface area contributed by atoms with E-state index in [9.17, 15) is 0 Å². The summed E-state index contributed by atoms with van der Waals surface area (Å²) in [5.74, 6) is 0. The normalized spacial score (nSPS) is 12.6. The summed E-state index contributed by atoms with van der Waals surface area (Å²) in [6.07, 6.45) is 3.76. The topological polar surface area (TPSA) is 24.9 Å². The van der Waals surface area contributed by atoms with Crippen LogP contribution in [0.5, 0.6) is 0 Å². The molecule has 2 aromatic heterocycles. The molecule has 0 aromatic carbocycles. The molecule has 1 atom stereocenters. The van der Waals surface area contributed by atoms with E-state index < -0.39 is 0 Å². The quantitative estimate of drug-likeness (QED) is 0.893. The molecule has 0 aliphatic heterocycles. The molecule has 1 N–H and O–H groups in total. The van der Waals surface area contributed by atoms with Crippen LogP contribution in [0.25, 0.3) is 0 Å². The van der Waals surface area contributed by atoms with Gasteiger partial charge < -0.3 is 5.32 Å². The molecule has 2 heterocycles. The summed E-state index contributed by atoms with van der Waals surface area (Å²) < 4.78 is 0. The average molecular weight is 246 g/mol. The summed E-state index contributed by atoms with van der Waals surface area (Å²) in [5, 5.41) is 3.53. The Bertz CT molecular complexity index is 457. The number of hydrogen-bond acceptors (Lipinski definition) is 3. The highest BCUT2D eigenvalue weighted by molar-refractivity contribution is 7.12. The summed E-state index contributed by atoms with van der Waals surface area (Å²) in [6.45, 7) is 7.43. The van der Waals surface area contributed by atoms with Gasteiger partial charge in [0.25, 0.3) is 0 Å². The summed E-state index contributed by atoms with van der Waals surface area (Å²) in [5.41, 5.74) is 2.60. The molecule has 2 nitrogen and oxygen atoms in total. The maximum Gasteiger partial charge on any atom is 0.0686 e. The van der Waals surface area contributed by atoms with E-state index in [4.69, 9.17) is 0 Å². The molecule has 3 heteroatoms. The van der Waals surface area contributed by atoms with Crippen LogP contribution in [-0.4, -0.2) is 11.5 Å². The molecule has 0 saturated carbocycles. The highest BCUT2D eigenvalue weighted by Gasteiger charge is 2.15. The Labute approximate surface area is 107 Å². The smallest absolute Gasteiger partial charge is 0.0686 e. The number of hydrogen-bond donors (Lipinski definition) is 1. The summed E-state index contributed by atoms with van der Waals surface area (Å²) in [6, 6.07) is 6.67. The first-order valence-corrected chi connectivity index (χ1v) is 6.74. The zero-order valence-electron chi connectivity index (χ0n) is 10.5. The van der Waals surface area contributed by atoms with E-state index in [0.29, 0.717) is 0 Å². The second kappa shape index (κ2) is 5.43. The molecule has 0 aliphatic rings. The van der Waals surface area contributed by atoms with Crippen molar-refractivity contribution in [1.29, 1.82) is 0 Å². The van der Waals surface area contributed by atoms with Crippen LogP contribution in [0.2, 0.25) is 0 Å². The SMILES string of the molecule is CCNC(c1cccnc1)c1cc(C)c(C)s1. The molecular weight excluding hydrogens is 228 g/mol. The summed E-state index contributed by atoms with van der Waals surface area (Å²) in [4.78, 5) is 6.97. The van der Waals surface area contributed by atoms with Crippen LogP contribution in [0.15, 0.2) is 30.6 Å². The summed E-state index contributed by atoms with van der Waals surface area (Å²) in [7, 11) is 0. The van der Waals surface area contributed by atoms with Gasteiger partial charge in [-0.3, -0.25) is 4.98 Å².